The van der Waals surface area contributed by atoms with Crippen molar-refractivity contribution in [1.29, 1.82) is 0 Å². The number of carbonyl (C=O) groups is 4. The first-order chi connectivity index (χ1) is 13.8. The largest absolute Gasteiger partial charge is 0.483 e. The van der Waals surface area contributed by atoms with E-state index in [9.17, 15) is 19.2 Å². The van der Waals surface area contributed by atoms with Crippen LogP contribution in [0.3, 0.4) is 0 Å². The van der Waals surface area contributed by atoms with E-state index < -0.39 is 23.9 Å². The molecule has 3 N–H and O–H groups in total. The zero-order valence-corrected chi connectivity index (χ0v) is 16.8. The lowest BCUT2D eigenvalue weighted by molar-refractivity contribution is -0.141. The summed E-state index contributed by atoms with van der Waals surface area (Å²) < 4.78 is 5.53. The molecule has 0 unspecified atom stereocenters. The van der Waals surface area contributed by atoms with Gasteiger partial charge in [-0.15, -0.1) is 0 Å². The number of halogens is 1. The van der Waals surface area contributed by atoms with E-state index in [4.69, 9.17) is 16.3 Å². The maximum atomic E-state index is 12.7. The van der Waals surface area contributed by atoms with Crippen molar-refractivity contribution in [2.24, 2.45) is 0 Å². The Kier molecular flexibility index (Phi) is 6.58. The Bertz CT molecular complexity index is 831. The van der Waals surface area contributed by atoms with E-state index in [1.807, 2.05) is 0 Å². The minimum Gasteiger partial charge on any atom is -0.483 e. The van der Waals surface area contributed by atoms with Gasteiger partial charge in [0, 0.05) is 23.7 Å². The molecule has 0 aromatic heterocycles. The Morgan fingerprint density at radius 1 is 1.10 bits per heavy atom. The molecule has 1 aromatic rings. The van der Waals surface area contributed by atoms with E-state index >= 15 is 0 Å². The Balaban J connectivity index is 1.84. The number of rotatable bonds is 0. The SMILES string of the molecule is C[C@H]1NC(=O)CNC(=O)COc2ccc(Cl)cc2CNC(=O)[C@@H]2CCCN2C1=O. The molecular weight excluding hydrogens is 400 g/mol. The van der Waals surface area contributed by atoms with Crippen LogP contribution in [0.2, 0.25) is 5.02 Å². The molecule has 2 heterocycles. The number of nitrogens with zero attached hydrogens (tertiary/aromatic N) is 1. The number of benzene rings is 1. The second-order valence-corrected chi connectivity index (χ2v) is 7.45. The van der Waals surface area contributed by atoms with Gasteiger partial charge in [-0.05, 0) is 38.0 Å². The minimum absolute atomic E-state index is 0.140. The van der Waals surface area contributed by atoms with Crippen molar-refractivity contribution in [2.45, 2.75) is 38.4 Å². The van der Waals surface area contributed by atoms with E-state index in [0.29, 0.717) is 35.7 Å². The summed E-state index contributed by atoms with van der Waals surface area (Å²) in [7, 11) is 0. The van der Waals surface area contributed by atoms with Gasteiger partial charge in [-0.3, -0.25) is 19.2 Å². The molecule has 156 valence electrons. The van der Waals surface area contributed by atoms with Crippen molar-refractivity contribution in [3.8, 4) is 5.75 Å². The lowest BCUT2D eigenvalue weighted by Crippen LogP contribution is -2.53. The fourth-order valence-electron chi connectivity index (χ4n) is 3.41. The van der Waals surface area contributed by atoms with Crippen LogP contribution in [-0.4, -0.2) is 60.3 Å². The van der Waals surface area contributed by atoms with Crippen LogP contribution < -0.4 is 20.7 Å². The second kappa shape index (κ2) is 9.13. The molecule has 4 amide bonds. The summed E-state index contributed by atoms with van der Waals surface area (Å²) in [5.74, 6) is -1.21. The number of hydrogen-bond donors (Lipinski definition) is 3. The third kappa shape index (κ3) is 5.17. The highest BCUT2D eigenvalue weighted by atomic mass is 35.5. The van der Waals surface area contributed by atoms with Gasteiger partial charge in [0.2, 0.25) is 17.7 Å². The summed E-state index contributed by atoms with van der Waals surface area (Å²) in [4.78, 5) is 50.9. The number of nitrogens with one attached hydrogen (secondary N) is 3. The first-order valence-electron chi connectivity index (χ1n) is 9.40. The van der Waals surface area contributed by atoms with E-state index in [2.05, 4.69) is 16.0 Å². The Hall–Kier alpha value is -2.81. The maximum Gasteiger partial charge on any atom is 0.258 e. The monoisotopic (exact) mass is 422 g/mol. The van der Waals surface area contributed by atoms with Crippen molar-refractivity contribution >= 4 is 35.2 Å². The van der Waals surface area contributed by atoms with Crippen LogP contribution in [-0.2, 0) is 25.7 Å². The molecule has 0 saturated carbocycles. The van der Waals surface area contributed by atoms with E-state index in [-0.39, 0.29) is 31.5 Å². The summed E-state index contributed by atoms with van der Waals surface area (Å²) in [5.41, 5.74) is 0.604. The second-order valence-electron chi connectivity index (χ2n) is 7.01. The molecule has 2 atom stereocenters. The molecule has 1 saturated heterocycles. The van der Waals surface area contributed by atoms with Crippen molar-refractivity contribution in [3.05, 3.63) is 28.8 Å². The summed E-state index contributed by atoms with van der Waals surface area (Å²) in [6, 6.07) is 3.46. The molecule has 0 aliphatic carbocycles. The third-order valence-electron chi connectivity index (χ3n) is 4.87. The molecule has 0 spiro atoms. The summed E-state index contributed by atoms with van der Waals surface area (Å²) >= 11 is 6.05. The zero-order valence-electron chi connectivity index (χ0n) is 16.0. The molecule has 9 nitrogen and oxygen atoms in total. The zero-order chi connectivity index (χ0) is 21.0. The lowest BCUT2D eigenvalue weighted by atomic mass is 10.1. The normalized spacial score (nSPS) is 24.0. The molecule has 1 aromatic carbocycles. The van der Waals surface area contributed by atoms with E-state index in [0.717, 1.165) is 0 Å². The number of carbonyl (C=O) groups excluding carboxylic acids is 4. The molecule has 1 fully saturated rings. The molecule has 2 aliphatic rings. The molecular formula is C19H23ClN4O5. The summed E-state index contributed by atoms with van der Waals surface area (Å²) in [6.45, 7) is 1.55. The van der Waals surface area contributed by atoms with Crippen LogP contribution in [0.1, 0.15) is 25.3 Å². The van der Waals surface area contributed by atoms with Crippen LogP contribution in [0.15, 0.2) is 18.2 Å². The molecule has 2 aliphatic heterocycles. The highest BCUT2D eigenvalue weighted by Crippen LogP contribution is 2.24. The molecule has 0 bridgehead atoms. The summed E-state index contributed by atoms with van der Waals surface area (Å²) in [6.07, 6.45) is 1.25. The highest BCUT2D eigenvalue weighted by molar-refractivity contribution is 6.30. The van der Waals surface area contributed by atoms with Crippen LogP contribution >= 0.6 is 11.6 Å². The van der Waals surface area contributed by atoms with Crippen LogP contribution in [0.5, 0.6) is 5.75 Å². The smallest absolute Gasteiger partial charge is 0.258 e. The van der Waals surface area contributed by atoms with Crippen molar-refractivity contribution < 1.29 is 23.9 Å². The first kappa shape index (κ1) is 20.9. The standard InChI is InChI=1S/C19H23ClN4O5/c1-11-19(28)24-6-2-3-14(24)18(27)22-8-12-7-13(20)4-5-15(12)29-10-17(26)21-9-16(25)23-11/h4-5,7,11,14H,2-3,6,8-10H2,1H3,(H,21,26)(H,22,27)(H,23,25)/t11-,14+/m1/s1. The fourth-order valence-corrected chi connectivity index (χ4v) is 3.60. The summed E-state index contributed by atoms with van der Waals surface area (Å²) in [5, 5.41) is 8.27. The number of hydrogen-bond acceptors (Lipinski definition) is 5. The van der Waals surface area contributed by atoms with Gasteiger partial charge in [0.15, 0.2) is 6.61 Å². The maximum absolute atomic E-state index is 12.7. The van der Waals surface area contributed by atoms with Gasteiger partial charge >= 0.3 is 0 Å². The van der Waals surface area contributed by atoms with E-state index in [1.165, 1.54) is 4.90 Å². The van der Waals surface area contributed by atoms with Gasteiger partial charge in [-0.2, -0.15) is 0 Å². The predicted octanol–water partition coefficient (Wildman–Crippen LogP) is -0.0395. The number of ether oxygens (including phenoxy) is 1. The van der Waals surface area contributed by atoms with Crippen LogP contribution in [0, 0.1) is 0 Å². The Morgan fingerprint density at radius 3 is 2.69 bits per heavy atom. The van der Waals surface area contributed by atoms with Crippen molar-refractivity contribution in [2.75, 3.05) is 19.7 Å². The molecule has 0 radical (unpaired) electrons. The van der Waals surface area contributed by atoms with Gasteiger partial charge in [0.25, 0.3) is 5.91 Å². The van der Waals surface area contributed by atoms with Gasteiger partial charge in [-0.25, -0.2) is 0 Å². The molecule has 3 rings (SSSR count). The van der Waals surface area contributed by atoms with Gasteiger partial charge in [0.05, 0.1) is 6.54 Å². The van der Waals surface area contributed by atoms with Crippen LogP contribution in [0.25, 0.3) is 0 Å². The molecule has 10 heteroatoms. The van der Waals surface area contributed by atoms with Gasteiger partial charge in [-0.1, -0.05) is 11.6 Å². The van der Waals surface area contributed by atoms with E-state index in [1.54, 1.807) is 25.1 Å². The predicted molar refractivity (Wildman–Crippen MR) is 104 cm³/mol. The Labute approximate surface area is 173 Å². The van der Waals surface area contributed by atoms with Crippen molar-refractivity contribution in [1.82, 2.24) is 20.9 Å². The highest BCUT2D eigenvalue weighted by Gasteiger charge is 2.36. The first-order valence-corrected chi connectivity index (χ1v) is 9.78. The Morgan fingerprint density at radius 2 is 1.90 bits per heavy atom. The quantitative estimate of drug-likeness (QED) is 0.542. The average Bonchev–Trinajstić information content (AvgIpc) is 3.18. The van der Waals surface area contributed by atoms with Crippen LogP contribution in [0.4, 0.5) is 0 Å². The average molecular weight is 423 g/mol. The third-order valence-corrected chi connectivity index (χ3v) is 5.10. The topological polar surface area (TPSA) is 117 Å². The van der Waals surface area contributed by atoms with Gasteiger partial charge < -0.3 is 25.6 Å². The number of fused-ring (bicyclic) bond motifs is 2. The fraction of sp³-hybridized carbons (Fsp3) is 0.474. The van der Waals surface area contributed by atoms with Gasteiger partial charge in [0.1, 0.15) is 17.8 Å². The number of amides is 4. The van der Waals surface area contributed by atoms with Crippen molar-refractivity contribution in [3.63, 3.8) is 0 Å². The molecule has 29 heavy (non-hydrogen) atoms. The lowest BCUT2D eigenvalue weighted by Gasteiger charge is -2.27. The minimum atomic E-state index is -0.809.